The van der Waals surface area contributed by atoms with Gasteiger partial charge in [-0.15, -0.1) is 9.55 Å². The zero-order valence-electron chi connectivity index (χ0n) is 17.1. The number of hydroxylamine groups is 2. The second kappa shape index (κ2) is 9.63. The summed E-state index contributed by atoms with van der Waals surface area (Å²) in [7, 11) is 1.20. The molecule has 10 nitrogen and oxygen atoms in total. The first kappa shape index (κ1) is 23.5. The summed E-state index contributed by atoms with van der Waals surface area (Å²) in [5.41, 5.74) is -0.812. The van der Waals surface area contributed by atoms with Crippen LogP contribution in [0.1, 0.15) is 53.4 Å². The lowest BCUT2D eigenvalue weighted by Crippen LogP contribution is -2.62. The van der Waals surface area contributed by atoms with E-state index in [9.17, 15) is 24.0 Å². The summed E-state index contributed by atoms with van der Waals surface area (Å²) in [5, 5.41) is 0.594. The smallest absolute Gasteiger partial charge is 0.469 e. The number of rotatable bonds is 5. The van der Waals surface area contributed by atoms with Crippen molar-refractivity contribution in [3.05, 3.63) is 0 Å². The lowest BCUT2D eigenvalue weighted by Gasteiger charge is -2.33. The summed E-state index contributed by atoms with van der Waals surface area (Å²) in [4.78, 5) is 65.6. The highest BCUT2D eigenvalue weighted by atomic mass is 16.7. The van der Waals surface area contributed by atoms with E-state index in [1.807, 2.05) is 0 Å². The van der Waals surface area contributed by atoms with Gasteiger partial charge in [0, 0.05) is 26.2 Å². The van der Waals surface area contributed by atoms with Gasteiger partial charge in [-0.05, 0) is 20.8 Å². The molecular weight excluding hydrogens is 372 g/mol. The van der Waals surface area contributed by atoms with Gasteiger partial charge in [0.1, 0.15) is 12.1 Å². The maximum atomic E-state index is 13.1. The highest BCUT2D eigenvalue weighted by Crippen LogP contribution is 2.26. The predicted molar refractivity (Wildman–Crippen MR) is 95.6 cm³/mol. The first-order valence-corrected chi connectivity index (χ1v) is 9.11. The summed E-state index contributed by atoms with van der Waals surface area (Å²) in [5.74, 6) is -1.90. The number of hydrogen-bond donors (Lipinski definition) is 0. The van der Waals surface area contributed by atoms with Crippen LogP contribution in [-0.4, -0.2) is 71.7 Å². The molecule has 158 valence electrons. The number of Topliss-reactive ketones (excluding diaryl/α,β-unsaturated/α-hetero) is 1. The number of carbonyl (C=O) groups excluding carboxylic acids is 5. The summed E-state index contributed by atoms with van der Waals surface area (Å²) in [6.45, 7) is 5.93. The van der Waals surface area contributed by atoms with Crippen LogP contribution in [-0.2, 0) is 28.7 Å². The van der Waals surface area contributed by atoms with E-state index >= 15 is 0 Å². The third-order valence-corrected chi connectivity index (χ3v) is 4.05. The molecule has 1 aliphatic heterocycles. The van der Waals surface area contributed by atoms with Gasteiger partial charge < -0.3 is 14.3 Å². The maximum Gasteiger partial charge on any atom is 0.525 e. The van der Waals surface area contributed by atoms with Crippen molar-refractivity contribution < 1.29 is 42.8 Å². The van der Waals surface area contributed by atoms with E-state index in [0.29, 0.717) is 17.9 Å². The molecule has 1 rings (SSSR count). The summed E-state index contributed by atoms with van der Waals surface area (Å²) < 4.78 is 9.18. The van der Waals surface area contributed by atoms with Gasteiger partial charge >= 0.3 is 24.1 Å². The maximum absolute atomic E-state index is 13.1. The van der Waals surface area contributed by atoms with Crippen molar-refractivity contribution in [2.45, 2.75) is 59.0 Å². The average Bonchev–Trinajstić information content (AvgIpc) is 3.07. The van der Waals surface area contributed by atoms with E-state index in [1.54, 1.807) is 20.8 Å². The van der Waals surface area contributed by atoms with E-state index in [-0.39, 0.29) is 25.9 Å². The molecule has 1 fully saturated rings. The van der Waals surface area contributed by atoms with Crippen molar-refractivity contribution in [2.24, 2.45) is 0 Å². The van der Waals surface area contributed by atoms with E-state index in [4.69, 9.17) is 9.57 Å². The third kappa shape index (κ3) is 6.59. The zero-order valence-corrected chi connectivity index (χ0v) is 17.1. The molecule has 1 heterocycles. The molecule has 10 heteroatoms. The quantitative estimate of drug-likeness (QED) is 0.390. The van der Waals surface area contributed by atoms with Gasteiger partial charge in [0.2, 0.25) is 0 Å². The molecular formula is C18H29N2O8+. The van der Waals surface area contributed by atoms with Gasteiger partial charge in [-0.25, -0.2) is 4.79 Å². The predicted octanol–water partition coefficient (Wildman–Crippen LogP) is 1.95. The van der Waals surface area contributed by atoms with Crippen molar-refractivity contribution in [1.29, 1.82) is 0 Å². The van der Waals surface area contributed by atoms with Gasteiger partial charge in [-0.1, -0.05) is 0 Å². The Labute approximate surface area is 164 Å². The third-order valence-electron chi connectivity index (χ3n) is 4.05. The largest absolute Gasteiger partial charge is 0.525 e. The summed E-state index contributed by atoms with van der Waals surface area (Å²) in [6.07, 6.45) is 0.104. The molecule has 0 radical (unpaired) electrons. The van der Waals surface area contributed by atoms with E-state index in [2.05, 4.69) is 4.74 Å². The van der Waals surface area contributed by atoms with Crippen LogP contribution in [0.2, 0.25) is 0 Å². The van der Waals surface area contributed by atoms with Gasteiger partial charge in [0.25, 0.3) is 0 Å². The Morgan fingerprint density at radius 1 is 1.00 bits per heavy atom. The lowest BCUT2D eigenvalue weighted by atomic mass is 10.2. The Morgan fingerprint density at radius 2 is 1.57 bits per heavy atom. The van der Waals surface area contributed by atoms with Crippen molar-refractivity contribution >= 4 is 29.8 Å². The van der Waals surface area contributed by atoms with E-state index in [1.165, 1.54) is 7.11 Å². The zero-order chi connectivity index (χ0) is 21.5. The standard InChI is InChI=1S/C18H29N2O8/c1-13(21)28-19(12-14(22)8-9-15(23)26-5)16(24)20(10-6-7-11-20)17(25)27-18(2,3)4/h6-12H2,1-5H3/q+1. The van der Waals surface area contributed by atoms with Crippen LogP contribution in [0.15, 0.2) is 0 Å². The molecule has 0 saturated carbocycles. The molecule has 0 aromatic carbocycles. The molecule has 0 aromatic heterocycles. The number of esters is 1. The molecule has 0 atom stereocenters. The number of likely N-dealkylation sites (tertiary alicyclic amines) is 1. The van der Waals surface area contributed by atoms with Crippen molar-refractivity contribution in [3.8, 4) is 0 Å². The Bertz CT molecular complexity index is 632. The number of ketones is 1. The number of hydrogen-bond acceptors (Lipinski definition) is 8. The first-order valence-electron chi connectivity index (χ1n) is 9.11. The van der Waals surface area contributed by atoms with Crippen LogP contribution in [0, 0.1) is 0 Å². The van der Waals surface area contributed by atoms with Crippen LogP contribution in [0.5, 0.6) is 0 Å². The number of carbonyl (C=O) groups is 5. The second-order valence-corrected chi connectivity index (χ2v) is 7.62. The molecule has 0 aliphatic carbocycles. The van der Waals surface area contributed by atoms with E-state index in [0.717, 1.165) is 6.92 Å². The lowest BCUT2D eigenvalue weighted by molar-refractivity contribution is -0.771. The topological polar surface area (TPSA) is 116 Å². The SMILES string of the molecule is COC(=O)CCC(=O)CN(OC(C)=O)C(=O)[N+]1(C(=O)OC(C)(C)C)CCCC1. The fourth-order valence-corrected chi connectivity index (χ4v) is 2.77. The second-order valence-electron chi connectivity index (χ2n) is 7.62. The number of quaternary nitrogens is 1. The summed E-state index contributed by atoms with van der Waals surface area (Å²) in [6, 6.07) is -0.839. The molecule has 0 N–H and O–H groups in total. The Morgan fingerprint density at radius 3 is 2.04 bits per heavy atom. The van der Waals surface area contributed by atoms with Gasteiger partial charge in [0.15, 0.2) is 5.78 Å². The average molecular weight is 401 g/mol. The molecule has 3 amide bonds. The Hall–Kier alpha value is -2.49. The fraction of sp³-hybridized carbons (Fsp3) is 0.722. The van der Waals surface area contributed by atoms with Gasteiger partial charge in [-0.3, -0.25) is 14.4 Å². The molecule has 1 aliphatic rings. The van der Waals surface area contributed by atoms with Crippen LogP contribution >= 0.6 is 0 Å². The minimum absolute atomic E-state index is 0.163. The number of methoxy groups -OCH3 is 1. The van der Waals surface area contributed by atoms with Crippen LogP contribution in [0.4, 0.5) is 9.59 Å². The number of nitrogens with zero attached hydrogens (tertiary/aromatic N) is 2. The molecule has 1 saturated heterocycles. The minimum atomic E-state index is -0.839. The van der Waals surface area contributed by atoms with Crippen molar-refractivity contribution in [3.63, 3.8) is 0 Å². The van der Waals surface area contributed by atoms with Gasteiger partial charge in [-0.2, -0.15) is 4.79 Å². The Balaban J connectivity index is 3.01. The molecule has 0 bridgehead atoms. The molecule has 0 spiro atoms. The number of urea groups is 1. The number of ether oxygens (including phenoxy) is 2. The molecule has 0 unspecified atom stereocenters. The minimum Gasteiger partial charge on any atom is -0.469 e. The number of amides is 3. The highest BCUT2D eigenvalue weighted by Gasteiger charge is 2.54. The summed E-state index contributed by atoms with van der Waals surface area (Å²) >= 11 is 0. The first-order chi connectivity index (χ1) is 12.9. The van der Waals surface area contributed by atoms with Crippen LogP contribution < -0.4 is 0 Å². The molecule has 0 aromatic rings. The highest BCUT2D eigenvalue weighted by molar-refractivity contribution is 5.88. The van der Waals surface area contributed by atoms with Crippen LogP contribution in [0.3, 0.4) is 0 Å². The fourth-order valence-electron chi connectivity index (χ4n) is 2.77. The van der Waals surface area contributed by atoms with Crippen molar-refractivity contribution in [1.82, 2.24) is 5.06 Å². The monoisotopic (exact) mass is 401 g/mol. The molecule has 28 heavy (non-hydrogen) atoms. The number of imide groups is 1. The van der Waals surface area contributed by atoms with Crippen molar-refractivity contribution in [2.75, 3.05) is 26.7 Å². The van der Waals surface area contributed by atoms with E-state index < -0.39 is 46.5 Å². The Kier molecular flexibility index (Phi) is 8.10. The van der Waals surface area contributed by atoms with Gasteiger partial charge in [0.05, 0.1) is 26.6 Å². The normalized spacial score (nSPS) is 15.5. The van der Waals surface area contributed by atoms with Crippen LogP contribution in [0.25, 0.3) is 0 Å².